The predicted octanol–water partition coefficient (Wildman–Crippen LogP) is 6.61. The zero-order valence-corrected chi connectivity index (χ0v) is 16.6. The van der Waals surface area contributed by atoms with Crippen molar-refractivity contribution in [1.82, 2.24) is 4.98 Å². The maximum Gasteiger partial charge on any atom is 0.124 e. The fourth-order valence-electron chi connectivity index (χ4n) is 2.98. The molecule has 0 amide bonds. The Kier molecular flexibility index (Phi) is 5.86. The van der Waals surface area contributed by atoms with Crippen molar-refractivity contribution in [2.45, 2.75) is 6.42 Å². The van der Waals surface area contributed by atoms with E-state index in [1.54, 1.807) is 23.5 Å². The van der Waals surface area contributed by atoms with Crippen molar-refractivity contribution in [2.24, 2.45) is 0 Å². The lowest BCUT2D eigenvalue weighted by atomic mass is 10.1. The average Bonchev–Trinajstić information content (AvgIpc) is 3.17. The van der Waals surface area contributed by atoms with E-state index in [-0.39, 0.29) is 12.4 Å². The van der Waals surface area contributed by atoms with E-state index < -0.39 is 0 Å². The summed E-state index contributed by atoms with van der Waals surface area (Å²) in [5.41, 5.74) is 5.18. The van der Waals surface area contributed by atoms with Crippen LogP contribution >= 0.6 is 11.3 Å². The minimum Gasteiger partial charge on any atom is -0.508 e. The van der Waals surface area contributed by atoms with E-state index in [0.717, 1.165) is 37.6 Å². The largest absolute Gasteiger partial charge is 0.508 e. The lowest BCUT2D eigenvalue weighted by molar-refractivity contribution is 0.476. The van der Waals surface area contributed by atoms with Crippen LogP contribution in [0.5, 0.6) is 5.75 Å². The zero-order chi connectivity index (χ0) is 20.1. The second-order valence-electron chi connectivity index (χ2n) is 6.72. The SMILES string of the molecule is Oc1ccc2nc(-c3ccc(/C=C/c4ccc(NCCCF)cc4)cc3)sc2c1. The molecule has 4 rings (SSSR count). The second kappa shape index (κ2) is 8.88. The Morgan fingerprint density at radius 3 is 2.31 bits per heavy atom. The van der Waals surface area contributed by atoms with E-state index >= 15 is 0 Å². The van der Waals surface area contributed by atoms with Gasteiger partial charge in [-0.15, -0.1) is 11.3 Å². The number of phenols is 1. The van der Waals surface area contributed by atoms with Crippen molar-refractivity contribution in [3.05, 3.63) is 77.9 Å². The van der Waals surface area contributed by atoms with Crippen LogP contribution in [0.2, 0.25) is 0 Å². The number of thiazole rings is 1. The molecule has 0 spiro atoms. The van der Waals surface area contributed by atoms with Gasteiger partial charge in [0.1, 0.15) is 10.8 Å². The standard InChI is InChI=1S/C24H21FN2OS/c25-14-1-15-26-20-10-6-18(7-11-20)3-2-17-4-8-19(9-5-17)24-27-22-13-12-21(28)16-23(22)29-24/h2-13,16,26,28H,1,14-15H2/b3-2+. The van der Waals surface area contributed by atoms with Gasteiger partial charge >= 0.3 is 0 Å². The Morgan fingerprint density at radius 2 is 1.62 bits per heavy atom. The monoisotopic (exact) mass is 404 g/mol. The number of halogens is 1. The molecule has 5 heteroatoms. The Labute approximate surface area is 173 Å². The number of nitrogens with zero attached hydrogens (tertiary/aromatic N) is 1. The highest BCUT2D eigenvalue weighted by Crippen LogP contribution is 2.32. The summed E-state index contributed by atoms with van der Waals surface area (Å²) in [7, 11) is 0. The fourth-order valence-corrected chi connectivity index (χ4v) is 3.98. The number of phenolic OH excluding ortho intramolecular Hbond substituents is 1. The van der Waals surface area contributed by atoms with Gasteiger partial charge in [0, 0.05) is 17.8 Å². The number of rotatable bonds is 7. The lowest BCUT2D eigenvalue weighted by Gasteiger charge is -2.04. The molecule has 0 saturated carbocycles. The third-order valence-corrected chi connectivity index (χ3v) is 5.62. The molecule has 0 aliphatic rings. The van der Waals surface area contributed by atoms with Crippen LogP contribution in [0.25, 0.3) is 32.9 Å². The first-order valence-corrected chi connectivity index (χ1v) is 10.3. The number of anilines is 1. The van der Waals surface area contributed by atoms with Gasteiger partial charge in [0.05, 0.1) is 16.9 Å². The van der Waals surface area contributed by atoms with E-state index in [4.69, 9.17) is 0 Å². The summed E-state index contributed by atoms with van der Waals surface area (Å²) in [6.45, 7) is 0.350. The number of fused-ring (bicyclic) bond motifs is 1. The van der Waals surface area contributed by atoms with Crippen molar-refractivity contribution in [1.29, 1.82) is 0 Å². The molecule has 2 N–H and O–H groups in total. The van der Waals surface area contributed by atoms with E-state index in [1.807, 2.05) is 30.3 Å². The number of aromatic hydroxyl groups is 1. The van der Waals surface area contributed by atoms with Crippen molar-refractivity contribution >= 4 is 39.4 Å². The topological polar surface area (TPSA) is 45.2 Å². The molecule has 0 atom stereocenters. The van der Waals surface area contributed by atoms with Crippen molar-refractivity contribution < 1.29 is 9.50 Å². The molecule has 0 unspecified atom stereocenters. The van der Waals surface area contributed by atoms with Gasteiger partial charge in [-0.2, -0.15) is 0 Å². The zero-order valence-electron chi connectivity index (χ0n) is 15.8. The molecular formula is C24H21FN2OS. The molecule has 1 heterocycles. The molecule has 1 aromatic heterocycles. The number of aromatic nitrogens is 1. The molecule has 3 aromatic carbocycles. The van der Waals surface area contributed by atoms with E-state index in [9.17, 15) is 9.50 Å². The first-order chi connectivity index (χ1) is 14.2. The summed E-state index contributed by atoms with van der Waals surface area (Å²) in [6, 6.07) is 21.6. The maximum absolute atomic E-state index is 12.1. The molecule has 3 nitrogen and oxygen atoms in total. The van der Waals surface area contributed by atoms with Gasteiger partial charge < -0.3 is 10.4 Å². The van der Waals surface area contributed by atoms with Crippen molar-refractivity contribution in [3.8, 4) is 16.3 Å². The van der Waals surface area contributed by atoms with Crippen LogP contribution in [-0.4, -0.2) is 23.3 Å². The Hall–Kier alpha value is -3.18. The van der Waals surface area contributed by atoms with Gasteiger partial charge in [0.25, 0.3) is 0 Å². The quantitative estimate of drug-likeness (QED) is 0.269. The van der Waals surface area contributed by atoms with Gasteiger partial charge in [0.15, 0.2) is 0 Å². The minimum absolute atomic E-state index is 0.261. The van der Waals surface area contributed by atoms with Crippen LogP contribution in [-0.2, 0) is 0 Å². The van der Waals surface area contributed by atoms with Crippen LogP contribution in [0.1, 0.15) is 17.5 Å². The molecule has 0 fully saturated rings. The Balaban J connectivity index is 1.43. The van der Waals surface area contributed by atoms with Gasteiger partial charge in [-0.05, 0) is 47.9 Å². The number of hydrogen-bond acceptors (Lipinski definition) is 4. The number of benzene rings is 3. The minimum atomic E-state index is -0.296. The molecule has 0 radical (unpaired) electrons. The summed E-state index contributed by atoms with van der Waals surface area (Å²) >= 11 is 1.57. The molecule has 0 aliphatic heterocycles. The fraction of sp³-hybridized carbons (Fsp3) is 0.125. The molecule has 0 saturated heterocycles. The van der Waals surface area contributed by atoms with Crippen LogP contribution < -0.4 is 5.32 Å². The van der Waals surface area contributed by atoms with Gasteiger partial charge in [0.2, 0.25) is 0 Å². The molecule has 0 bridgehead atoms. The second-order valence-corrected chi connectivity index (χ2v) is 7.75. The summed E-state index contributed by atoms with van der Waals surface area (Å²) in [6.07, 6.45) is 4.67. The highest BCUT2D eigenvalue weighted by atomic mass is 32.1. The van der Waals surface area contributed by atoms with E-state index in [1.165, 1.54) is 0 Å². The molecule has 0 aliphatic carbocycles. The number of alkyl halides is 1. The summed E-state index contributed by atoms with van der Waals surface area (Å²) in [4.78, 5) is 4.64. The summed E-state index contributed by atoms with van der Waals surface area (Å²) in [5, 5.41) is 13.8. The van der Waals surface area contributed by atoms with Crippen LogP contribution in [0.4, 0.5) is 10.1 Å². The third-order valence-electron chi connectivity index (χ3n) is 4.55. The Bertz CT molecular complexity index is 1120. The first kappa shape index (κ1) is 19.2. The maximum atomic E-state index is 12.1. The smallest absolute Gasteiger partial charge is 0.124 e. The predicted molar refractivity (Wildman–Crippen MR) is 121 cm³/mol. The normalized spacial score (nSPS) is 11.3. The average molecular weight is 405 g/mol. The Morgan fingerprint density at radius 1 is 0.931 bits per heavy atom. The van der Waals surface area contributed by atoms with E-state index in [2.05, 4.69) is 46.7 Å². The van der Waals surface area contributed by atoms with Gasteiger partial charge in [-0.3, -0.25) is 4.39 Å². The molecule has 29 heavy (non-hydrogen) atoms. The molecule has 146 valence electrons. The highest BCUT2D eigenvalue weighted by Gasteiger charge is 2.06. The van der Waals surface area contributed by atoms with Crippen LogP contribution in [0.15, 0.2) is 66.7 Å². The van der Waals surface area contributed by atoms with Gasteiger partial charge in [-0.25, -0.2) is 4.98 Å². The lowest BCUT2D eigenvalue weighted by Crippen LogP contribution is -2.01. The highest BCUT2D eigenvalue weighted by molar-refractivity contribution is 7.21. The van der Waals surface area contributed by atoms with Crippen LogP contribution in [0, 0.1) is 0 Å². The molecular weight excluding hydrogens is 383 g/mol. The van der Waals surface area contributed by atoms with Crippen LogP contribution in [0.3, 0.4) is 0 Å². The van der Waals surface area contributed by atoms with Crippen molar-refractivity contribution in [2.75, 3.05) is 18.5 Å². The van der Waals surface area contributed by atoms with Crippen molar-refractivity contribution in [3.63, 3.8) is 0 Å². The van der Waals surface area contributed by atoms with Gasteiger partial charge in [-0.1, -0.05) is 48.6 Å². The summed E-state index contributed by atoms with van der Waals surface area (Å²) in [5.74, 6) is 0.261. The first-order valence-electron chi connectivity index (χ1n) is 9.49. The third kappa shape index (κ3) is 4.81. The number of hydrogen-bond donors (Lipinski definition) is 2. The molecule has 4 aromatic rings. The van der Waals surface area contributed by atoms with E-state index in [0.29, 0.717) is 13.0 Å². The summed E-state index contributed by atoms with van der Waals surface area (Å²) < 4.78 is 13.1. The number of nitrogens with one attached hydrogen (secondary N) is 1.